The van der Waals surface area contributed by atoms with Crippen LogP contribution in [0, 0.1) is 5.41 Å². The van der Waals surface area contributed by atoms with Crippen LogP contribution in [0.4, 0.5) is 0 Å². The first-order valence-corrected chi connectivity index (χ1v) is 10.1. The second-order valence-electron chi connectivity index (χ2n) is 6.69. The fourth-order valence-corrected chi connectivity index (χ4v) is 4.57. The second-order valence-corrected chi connectivity index (χ2v) is 7.98. The first-order valence-electron chi connectivity index (χ1n) is 8.82. The number of hydrogen-bond donors (Lipinski definition) is 2. The molecule has 7 heteroatoms. The molecule has 0 spiro atoms. The number of likely N-dealkylation sites (tertiary alicyclic amines) is 1. The van der Waals surface area contributed by atoms with Crippen molar-refractivity contribution >= 4 is 34.3 Å². The van der Waals surface area contributed by atoms with Crippen LogP contribution in [0.15, 0.2) is 35.4 Å². The highest BCUT2D eigenvalue weighted by atomic mass is 35.5. The lowest BCUT2D eigenvalue weighted by Crippen LogP contribution is -2.35. The third-order valence-electron chi connectivity index (χ3n) is 4.91. The van der Waals surface area contributed by atoms with Gasteiger partial charge in [-0.3, -0.25) is 5.41 Å². The van der Waals surface area contributed by atoms with E-state index in [2.05, 4.69) is 9.88 Å². The zero-order valence-electron chi connectivity index (χ0n) is 14.4. The Morgan fingerprint density at radius 1 is 1.23 bits per heavy atom. The first kappa shape index (κ1) is 17.5. The molecule has 4 rings (SSSR count). The Hall–Kier alpha value is -1.89. The maximum atomic E-state index is 10.4. The molecule has 0 bridgehead atoms. The summed E-state index contributed by atoms with van der Waals surface area (Å²) < 4.78 is 0. The highest BCUT2D eigenvalue weighted by Gasteiger charge is 2.30. The van der Waals surface area contributed by atoms with Crippen LogP contribution >= 0.6 is 22.9 Å². The van der Waals surface area contributed by atoms with E-state index in [0.717, 1.165) is 37.4 Å². The van der Waals surface area contributed by atoms with Crippen molar-refractivity contribution in [3.8, 4) is 11.3 Å². The van der Waals surface area contributed by atoms with E-state index >= 15 is 0 Å². The van der Waals surface area contributed by atoms with Gasteiger partial charge in [-0.2, -0.15) is 0 Å². The van der Waals surface area contributed by atoms with E-state index < -0.39 is 0 Å². The molecule has 0 radical (unpaired) electrons. The summed E-state index contributed by atoms with van der Waals surface area (Å²) in [5.74, 6) is 0.608. The number of rotatable bonds is 5. The number of halogens is 1. The molecule has 0 unspecified atom stereocenters. The standard InChI is InChI=1S/C19H21ClN4OS/c20-14-5-3-4-13(10-14)15-12-26-19(22-15)17-16(25)11-24(18(17)21)9-8-23-6-1-2-7-23/h3-5,10,12,21,25H,1-2,6-9,11H2. The Morgan fingerprint density at radius 3 is 2.81 bits per heavy atom. The molecule has 2 aromatic rings. The van der Waals surface area contributed by atoms with Crippen LogP contribution in [0.2, 0.25) is 5.02 Å². The molecule has 0 atom stereocenters. The minimum absolute atomic E-state index is 0.239. The number of hydrogen-bond acceptors (Lipinski definition) is 5. The topological polar surface area (TPSA) is 63.5 Å². The molecule has 1 aromatic carbocycles. The van der Waals surface area contributed by atoms with E-state index in [9.17, 15) is 5.11 Å². The van der Waals surface area contributed by atoms with Crippen molar-refractivity contribution in [2.45, 2.75) is 12.8 Å². The molecule has 1 aromatic heterocycles. The number of aromatic nitrogens is 1. The van der Waals surface area contributed by atoms with Gasteiger partial charge in [-0.25, -0.2) is 4.98 Å². The summed E-state index contributed by atoms with van der Waals surface area (Å²) in [4.78, 5) is 8.99. The van der Waals surface area contributed by atoms with Crippen LogP contribution in [-0.4, -0.2) is 58.4 Å². The van der Waals surface area contributed by atoms with Crippen molar-refractivity contribution in [2.24, 2.45) is 0 Å². The number of benzene rings is 1. The Bertz CT molecular complexity index is 857. The molecule has 2 aliphatic rings. The van der Waals surface area contributed by atoms with Gasteiger partial charge in [0.15, 0.2) is 0 Å². The third kappa shape index (κ3) is 3.49. The predicted molar refractivity (Wildman–Crippen MR) is 107 cm³/mol. The van der Waals surface area contributed by atoms with Crippen LogP contribution in [0.1, 0.15) is 17.8 Å². The monoisotopic (exact) mass is 388 g/mol. The zero-order chi connectivity index (χ0) is 18.1. The van der Waals surface area contributed by atoms with E-state index in [1.807, 2.05) is 34.5 Å². The summed E-state index contributed by atoms with van der Waals surface area (Å²) in [5.41, 5.74) is 2.32. The van der Waals surface area contributed by atoms with Gasteiger partial charge in [0.1, 0.15) is 16.6 Å². The van der Waals surface area contributed by atoms with Gasteiger partial charge in [0.05, 0.1) is 17.8 Å². The summed E-state index contributed by atoms with van der Waals surface area (Å²) in [6.45, 7) is 4.38. The van der Waals surface area contributed by atoms with Gasteiger partial charge in [0, 0.05) is 29.1 Å². The van der Waals surface area contributed by atoms with E-state index in [4.69, 9.17) is 17.0 Å². The maximum absolute atomic E-state index is 10.4. The highest BCUT2D eigenvalue weighted by Crippen LogP contribution is 2.32. The minimum atomic E-state index is 0.239. The van der Waals surface area contributed by atoms with Gasteiger partial charge in [0.25, 0.3) is 0 Å². The molecule has 2 N–H and O–H groups in total. The largest absolute Gasteiger partial charge is 0.510 e. The van der Waals surface area contributed by atoms with E-state index in [0.29, 0.717) is 28.0 Å². The lowest BCUT2D eigenvalue weighted by atomic mass is 10.2. The van der Waals surface area contributed by atoms with E-state index in [1.165, 1.54) is 24.2 Å². The Kier molecular flexibility index (Phi) is 4.98. The number of amidine groups is 1. The second kappa shape index (κ2) is 7.39. The summed E-state index contributed by atoms with van der Waals surface area (Å²) in [6.07, 6.45) is 2.52. The molecule has 1 saturated heterocycles. The van der Waals surface area contributed by atoms with Crippen molar-refractivity contribution in [1.82, 2.24) is 14.8 Å². The van der Waals surface area contributed by atoms with Gasteiger partial charge in [0.2, 0.25) is 0 Å². The summed E-state index contributed by atoms with van der Waals surface area (Å²) in [5, 5.41) is 22.2. The van der Waals surface area contributed by atoms with Crippen molar-refractivity contribution in [1.29, 1.82) is 5.41 Å². The summed E-state index contributed by atoms with van der Waals surface area (Å²) in [7, 11) is 0. The van der Waals surface area contributed by atoms with Gasteiger partial charge in [-0.05, 0) is 38.1 Å². The van der Waals surface area contributed by atoms with Crippen molar-refractivity contribution in [2.75, 3.05) is 32.7 Å². The highest BCUT2D eigenvalue weighted by molar-refractivity contribution is 7.11. The predicted octanol–water partition coefficient (Wildman–Crippen LogP) is 4.12. The quantitative estimate of drug-likeness (QED) is 0.808. The van der Waals surface area contributed by atoms with Crippen LogP contribution in [-0.2, 0) is 0 Å². The van der Waals surface area contributed by atoms with Crippen molar-refractivity contribution < 1.29 is 5.11 Å². The van der Waals surface area contributed by atoms with Crippen LogP contribution < -0.4 is 0 Å². The number of nitrogens with one attached hydrogen (secondary N) is 1. The van der Waals surface area contributed by atoms with Crippen molar-refractivity contribution in [3.63, 3.8) is 0 Å². The van der Waals surface area contributed by atoms with Crippen LogP contribution in [0.3, 0.4) is 0 Å². The molecular weight excluding hydrogens is 368 g/mol. The van der Waals surface area contributed by atoms with Crippen molar-refractivity contribution in [3.05, 3.63) is 45.4 Å². The molecule has 0 amide bonds. The van der Waals surface area contributed by atoms with Gasteiger partial charge < -0.3 is 14.9 Å². The molecular formula is C19H21ClN4OS. The lowest BCUT2D eigenvalue weighted by molar-refractivity contribution is 0.285. The Balaban J connectivity index is 1.48. The average molecular weight is 389 g/mol. The van der Waals surface area contributed by atoms with Crippen LogP contribution in [0.25, 0.3) is 16.8 Å². The molecule has 0 aliphatic carbocycles. The Labute approximate surface area is 162 Å². The summed E-state index contributed by atoms with van der Waals surface area (Å²) in [6, 6.07) is 7.56. The Morgan fingerprint density at radius 2 is 2.04 bits per heavy atom. The normalized spacial score (nSPS) is 18.3. The molecule has 3 heterocycles. The number of nitrogens with zero attached hydrogens (tertiary/aromatic N) is 3. The number of aliphatic hydroxyl groups excluding tert-OH is 1. The summed E-state index contributed by atoms with van der Waals surface area (Å²) >= 11 is 7.51. The van der Waals surface area contributed by atoms with E-state index in [1.54, 1.807) is 0 Å². The molecule has 136 valence electrons. The smallest absolute Gasteiger partial charge is 0.135 e. The molecule has 0 saturated carbocycles. The fourth-order valence-electron chi connectivity index (χ4n) is 3.49. The zero-order valence-corrected chi connectivity index (χ0v) is 16.0. The molecule has 1 fully saturated rings. The third-order valence-corrected chi connectivity index (χ3v) is 6.00. The maximum Gasteiger partial charge on any atom is 0.135 e. The number of thiazole rings is 1. The van der Waals surface area contributed by atoms with E-state index in [-0.39, 0.29) is 5.76 Å². The van der Waals surface area contributed by atoms with Crippen LogP contribution in [0.5, 0.6) is 0 Å². The van der Waals surface area contributed by atoms with Gasteiger partial charge in [-0.1, -0.05) is 23.7 Å². The lowest BCUT2D eigenvalue weighted by Gasteiger charge is -2.22. The SMILES string of the molecule is N=C1C(c2nc(-c3cccc(Cl)c3)cs2)=C(O)CN1CCN1CCCC1. The van der Waals surface area contributed by atoms with Gasteiger partial charge >= 0.3 is 0 Å². The first-order chi connectivity index (χ1) is 12.6. The number of aliphatic hydroxyl groups is 1. The van der Waals surface area contributed by atoms with Gasteiger partial charge in [-0.15, -0.1) is 11.3 Å². The minimum Gasteiger partial charge on any atom is -0.510 e. The molecule has 5 nitrogen and oxygen atoms in total. The molecule has 2 aliphatic heterocycles. The average Bonchev–Trinajstić information content (AvgIpc) is 3.34. The molecule has 26 heavy (non-hydrogen) atoms. The fraction of sp³-hybridized carbons (Fsp3) is 0.368.